The third-order valence-electron chi connectivity index (χ3n) is 4.75. The van der Waals surface area contributed by atoms with Crippen molar-refractivity contribution in [1.82, 2.24) is 15.4 Å². The van der Waals surface area contributed by atoms with Gasteiger partial charge in [0.2, 0.25) is 5.91 Å². The second-order valence-electron chi connectivity index (χ2n) is 7.30. The number of hydrogen-bond donors (Lipinski definition) is 1. The molecule has 0 unspecified atom stereocenters. The van der Waals surface area contributed by atoms with Gasteiger partial charge in [-0.1, -0.05) is 25.9 Å². The molecule has 6 nitrogen and oxygen atoms in total. The number of halogens is 1. The normalized spacial score (nSPS) is 20.0. The Morgan fingerprint density at radius 1 is 1.37 bits per heavy atom. The van der Waals surface area contributed by atoms with E-state index in [-0.39, 0.29) is 35.3 Å². The van der Waals surface area contributed by atoms with Crippen molar-refractivity contribution in [3.8, 4) is 11.3 Å². The molecule has 2 atom stereocenters. The van der Waals surface area contributed by atoms with Crippen molar-refractivity contribution in [3.05, 3.63) is 41.8 Å². The SMILES string of the molecule is CC[C@H]1CN(C(=O)c2cc(-c3ccc(F)cc3)on2)[C@@H](CC(C)C)C(=O)N1. The number of amides is 2. The number of piperazine rings is 1. The average Bonchev–Trinajstić information content (AvgIpc) is 3.13. The molecule has 2 amide bonds. The Balaban J connectivity index is 1.85. The number of carbonyl (C=O) groups excluding carboxylic acids is 2. The average molecular weight is 373 g/mol. The monoisotopic (exact) mass is 373 g/mol. The van der Waals surface area contributed by atoms with Crippen LogP contribution in [-0.4, -0.2) is 40.5 Å². The van der Waals surface area contributed by atoms with E-state index in [4.69, 9.17) is 4.52 Å². The molecular weight excluding hydrogens is 349 g/mol. The highest BCUT2D eigenvalue weighted by molar-refractivity contribution is 5.97. The maximum Gasteiger partial charge on any atom is 0.276 e. The molecular formula is C20H24FN3O3. The number of nitrogens with zero attached hydrogens (tertiary/aromatic N) is 2. The van der Waals surface area contributed by atoms with Gasteiger partial charge >= 0.3 is 0 Å². The second kappa shape index (κ2) is 7.90. The maximum absolute atomic E-state index is 13.1. The van der Waals surface area contributed by atoms with E-state index in [9.17, 15) is 14.0 Å². The minimum atomic E-state index is -0.522. The van der Waals surface area contributed by atoms with Crippen LogP contribution in [0.25, 0.3) is 11.3 Å². The second-order valence-corrected chi connectivity index (χ2v) is 7.30. The lowest BCUT2D eigenvalue weighted by molar-refractivity contribution is -0.130. The van der Waals surface area contributed by atoms with Crippen LogP contribution in [0.15, 0.2) is 34.9 Å². The summed E-state index contributed by atoms with van der Waals surface area (Å²) in [6.07, 6.45) is 1.32. The third-order valence-corrected chi connectivity index (χ3v) is 4.75. The first-order chi connectivity index (χ1) is 12.9. The van der Waals surface area contributed by atoms with Gasteiger partial charge in [-0.25, -0.2) is 4.39 Å². The largest absolute Gasteiger partial charge is 0.355 e. The Morgan fingerprint density at radius 2 is 2.07 bits per heavy atom. The first-order valence-electron chi connectivity index (χ1n) is 9.23. The Labute approximate surface area is 157 Å². The quantitative estimate of drug-likeness (QED) is 0.873. The van der Waals surface area contributed by atoms with Crippen LogP contribution < -0.4 is 5.32 Å². The molecule has 1 N–H and O–H groups in total. The van der Waals surface area contributed by atoms with Crippen molar-refractivity contribution < 1.29 is 18.5 Å². The summed E-state index contributed by atoms with van der Waals surface area (Å²) in [5, 5.41) is 6.87. The summed E-state index contributed by atoms with van der Waals surface area (Å²) in [6, 6.07) is 6.70. The predicted molar refractivity (Wildman–Crippen MR) is 98.4 cm³/mol. The minimum absolute atomic E-state index is 0.0756. The highest BCUT2D eigenvalue weighted by atomic mass is 19.1. The summed E-state index contributed by atoms with van der Waals surface area (Å²) >= 11 is 0. The van der Waals surface area contributed by atoms with Crippen LogP contribution >= 0.6 is 0 Å². The van der Waals surface area contributed by atoms with Crippen LogP contribution in [-0.2, 0) is 4.79 Å². The molecule has 0 bridgehead atoms. The molecule has 0 spiro atoms. The summed E-state index contributed by atoms with van der Waals surface area (Å²) in [4.78, 5) is 27.2. The van der Waals surface area contributed by atoms with E-state index in [1.165, 1.54) is 18.2 Å². The van der Waals surface area contributed by atoms with Gasteiger partial charge < -0.3 is 14.7 Å². The molecule has 1 fully saturated rings. The summed E-state index contributed by atoms with van der Waals surface area (Å²) in [5.41, 5.74) is 0.775. The van der Waals surface area contributed by atoms with Crippen LogP contribution in [0.1, 0.15) is 44.1 Å². The third kappa shape index (κ3) is 4.18. The van der Waals surface area contributed by atoms with Crippen LogP contribution in [0, 0.1) is 11.7 Å². The summed E-state index contributed by atoms with van der Waals surface area (Å²) in [7, 11) is 0. The van der Waals surface area contributed by atoms with Crippen molar-refractivity contribution in [3.63, 3.8) is 0 Å². The standard InChI is InChI=1S/C20H24FN3O3/c1-4-15-11-24(17(9-12(2)3)19(25)22-15)20(26)16-10-18(27-23-16)13-5-7-14(21)8-6-13/h5-8,10,12,15,17H,4,9,11H2,1-3H3,(H,22,25)/t15-,17-/m0/s1. The van der Waals surface area contributed by atoms with Gasteiger partial charge in [0.25, 0.3) is 5.91 Å². The van der Waals surface area contributed by atoms with Gasteiger partial charge in [-0.05, 0) is 43.0 Å². The highest BCUT2D eigenvalue weighted by Crippen LogP contribution is 2.24. The minimum Gasteiger partial charge on any atom is -0.355 e. The number of aromatic nitrogens is 1. The van der Waals surface area contributed by atoms with Crippen molar-refractivity contribution in [1.29, 1.82) is 0 Å². The molecule has 0 radical (unpaired) electrons. The molecule has 27 heavy (non-hydrogen) atoms. The molecule has 1 aliphatic rings. The van der Waals surface area contributed by atoms with Crippen LogP contribution in [0.2, 0.25) is 0 Å². The molecule has 1 aromatic heterocycles. The molecule has 0 aliphatic carbocycles. The van der Waals surface area contributed by atoms with Gasteiger partial charge in [-0.2, -0.15) is 0 Å². The van der Waals surface area contributed by atoms with Gasteiger partial charge in [0.15, 0.2) is 11.5 Å². The number of nitrogens with one attached hydrogen (secondary N) is 1. The van der Waals surface area contributed by atoms with Gasteiger partial charge in [0, 0.05) is 24.2 Å². The lowest BCUT2D eigenvalue weighted by Crippen LogP contribution is -2.61. The molecule has 1 aliphatic heterocycles. The van der Waals surface area contributed by atoms with E-state index in [0.29, 0.717) is 24.3 Å². The van der Waals surface area contributed by atoms with Crippen molar-refractivity contribution in [2.45, 2.75) is 45.7 Å². The van der Waals surface area contributed by atoms with Crippen LogP contribution in [0.3, 0.4) is 0 Å². The lowest BCUT2D eigenvalue weighted by atomic mass is 9.97. The molecule has 2 heterocycles. The van der Waals surface area contributed by atoms with E-state index in [1.54, 1.807) is 17.0 Å². The maximum atomic E-state index is 13.1. The fourth-order valence-corrected chi connectivity index (χ4v) is 3.26. The fraction of sp³-hybridized carbons (Fsp3) is 0.450. The van der Waals surface area contributed by atoms with Crippen LogP contribution in [0.4, 0.5) is 4.39 Å². The molecule has 144 valence electrons. The van der Waals surface area contributed by atoms with E-state index in [0.717, 1.165) is 6.42 Å². The number of rotatable bonds is 5. The zero-order valence-electron chi connectivity index (χ0n) is 15.7. The zero-order valence-corrected chi connectivity index (χ0v) is 15.7. The van der Waals surface area contributed by atoms with E-state index in [1.807, 2.05) is 20.8 Å². The van der Waals surface area contributed by atoms with Crippen molar-refractivity contribution in [2.24, 2.45) is 5.92 Å². The number of benzene rings is 1. The molecule has 0 saturated carbocycles. The Hall–Kier alpha value is -2.70. The summed E-state index contributed by atoms with van der Waals surface area (Å²) in [6.45, 7) is 6.45. The van der Waals surface area contributed by atoms with Crippen molar-refractivity contribution in [2.75, 3.05) is 6.54 Å². The van der Waals surface area contributed by atoms with Crippen LogP contribution in [0.5, 0.6) is 0 Å². The van der Waals surface area contributed by atoms with E-state index in [2.05, 4.69) is 10.5 Å². The van der Waals surface area contributed by atoms with Gasteiger partial charge in [-0.15, -0.1) is 0 Å². The highest BCUT2D eigenvalue weighted by Gasteiger charge is 2.38. The van der Waals surface area contributed by atoms with E-state index >= 15 is 0 Å². The first-order valence-corrected chi connectivity index (χ1v) is 9.23. The molecule has 1 aromatic carbocycles. The smallest absolute Gasteiger partial charge is 0.276 e. The predicted octanol–water partition coefficient (Wildman–Crippen LogP) is 3.25. The topological polar surface area (TPSA) is 75.4 Å². The van der Waals surface area contributed by atoms with Crippen molar-refractivity contribution >= 4 is 11.8 Å². The molecule has 7 heteroatoms. The molecule has 3 rings (SSSR count). The Morgan fingerprint density at radius 3 is 2.70 bits per heavy atom. The first kappa shape index (κ1) is 19.1. The lowest BCUT2D eigenvalue weighted by Gasteiger charge is -2.39. The zero-order chi connectivity index (χ0) is 19.6. The summed E-state index contributed by atoms with van der Waals surface area (Å²) < 4.78 is 18.4. The molecule has 2 aromatic rings. The summed E-state index contributed by atoms with van der Waals surface area (Å²) in [5.74, 6) is -0.159. The fourth-order valence-electron chi connectivity index (χ4n) is 3.26. The van der Waals surface area contributed by atoms with E-state index < -0.39 is 6.04 Å². The number of hydrogen-bond acceptors (Lipinski definition) is 4. The molecule has 1 saturated heterocycles. The van der Waals surface area contributed by atoms with Gasteiger partial charge in [0.1, 0.15) is 11.9 Å². The van der Waals surface area contributed by atoms with Gasteiger partial charge in [0.05, 0.1) is 0 Å². The van der Waals surface area contributed by atoms with Gasteiger partial charge in [-0.3, -0.25) is 9.59 Å². The number of carbonyl (C=O) groups is 2. The Bertz CT molecular complexity index is 816. The Kier molecular flexibility index (Phi) is 5.58.